The van der Waals surface area contributed by atoms with Crippen molar-refractivity contribution in [2.75, 3.05) is 0 Å². The molecule has 4 nitrogen and oxygen atoms in total. The molecule has 0 aromatic carbocycles. The molecule has 0 bridgehead atoms. The average molecular weight is 214 g/mol. The number of hydrogen-bond donors (Lipinski definition) is 0. The molecule has 16 heavy (non-hydrogen) atoms. The van der Waals surface area contributed by atoms with Gasteiger partial charge >= 0.3 is 0 Å². The fourth-order valence-corrected chi connectivity index (χ4v) is 1.32. The maximum absolute atomic E-state index is 4.24. The summed E-state index contributed by atoms with van der Waals surface area (Å²) in [6, 6.07) is 0. The lowest BCUT2D eigenvalue weighted by Gasteiger charge is -2.00. The predicted molar refractivity (Wildman–Crippen MR) is 60.9 cm³/mol. The van der Waals surface area contributed by atoms with E-state index in [0.29, 0.717) is 0 Å². The first-order chi connectivity index (χ1) is 7.74. The van der Waals surface area contributed by atoms with Gasteiger partial charge in [-0.05, 0) is 25.0 Å². The zero-order valence-corrected chi connectivity index (χ0v) is 9.51. The molecule has 0 atom stereocenters. The Morgan fingerprint density at radius 1 is 0.688 bits per heavy atom. The zero-order valence-electron chi connectivity index (χ0n) is 9.51. The van der Waals surface area contributed by atoms with Gasteiger partial charge in [-0.15, -0.1) is 0 Å². The van der Waals surface area contributed by atoms with Crippen LogP contribution in [0.15, 0.2) is 24.8 Å². The van der Waals surface area contributed by atoms with E-state index in [1.165, 1.54) is 0 Å². The van der Waals surface area contributed by atoms with Crippen molar-refractivity contribution < 1.29 is 0 Å². The highest BCUT2D eigenvalue weighted by Gasteiger charge is 2.00. The van der Waals surface area contributed by atoms with Gasteiger partial charge in [-0.1, -0.05) is 0 Å². The predicted octanol–water partition coefficient (Wildman–Crippen LogP) is 1.67. The van der Waals surface area contributed by atoms with Crippen molar-refractivity contribution in [3.63, 3.8) is 0 Å². The van der Waals surface area contributed by atoms with E-state index in [2.05, 4.69) is 19.9 Å². The first kappa shape index (κ1) is 10.7. The molecule has 0 aliphatic rings. The smallest absolute Gasteiger partial charge is 0.128 e. The molecule has 0 aliphatic carbocycles. The third-order valence-corrected chi connectivity index (χ3v) is 2.24. The van der Waals surface area contributed by atoms with E-state index in [1.807, 2.05) is 38.6 Å². The van der Waals surface area contributed by atoms with E-state index < -0.39 is 0 Å². The van der Waals surface area contributed by atoms with Crippen LogP contribution in [0.1, 0.15) is 22.8 Å². The normalized spacial score (nSPS) is 10.4. The minimum atomic E-state index is 0.781. The van der Waals surface area contributed by atoms with Crippen molar-refractivity contribution in [1.82, 2.24) is 19.9 Å². The summed E-state index contributed by atoms with van der Waals surface area (Å²) in [6.07, 6.45) is 8.89. The second kappa shape index (κ2) is 4.79. The molecule has 2 heterocycles. The van der Waals surface area contributed by atoms with Crippen molar-refractivity contribution in [3.05, 3.63) is 47.6 Å². The molecular weight excluding hydrogens is 200 g/mol. The molecule has 0 N–H and O–H groups in total. The van der Waals surface area contributed by atoms with Gasteiger partial charge in [-0.2, -0.15) is 0 Å². The van der Waals surface area contributed by atoms with E-state index in [1.54, 1.807) is 0 Å². The van der Waals surface area contributed by atoms with Crippen molar-refractivity contribution >= 4 is 0 Å². The molecule has 82 valence electrons. The van der Waals surface area contributed by atoms with Gasteiger partial charge in [-0.3, -0.25) is 0 Å². The van der Waals surface area contributed by atoms with E-state index in [9.17, 15) is 0 Å². The fourth-order valence-electron chi connectivity index (χ4n) is 1.32. The van der Waals surface area contributed by atoms with E-state index >= 15 is 0 Å². The highest BCUT2D eigenvalue weighted by atomic mass is 14.9. The van der Waals surface area contributed by atoms with E-state index in [-0.39, 0.29) is 0 Å². The molecule has 0 spiro atoms. The summed E-state index contributed by atoms with van der Waals surface area (Å²) < 4.78 is 0. The Kier molecular flexibility index (Phi) is 3.19. The summed E-state index contributed by atoms with van der Waals surface area (Å²) >= 11 is 0. The monoisotopic (exact) mass is 214 g/mol. The lowest BCUT2D eigenvalue weighted by Crippen LogP contribution is -2.01. The second-order valence-electron chi connectivity index (χ2n) is 3.85. The average Bonchev–Trinajstić information content (AvgIpc) is 2.30. The lowest BCUT2D eigenvalue weighted by atomic mass is 10.2. The Morgan fingerprint density at radius 2 is 1.00 bits per heavy atom. The van der Waals surface area contributed by atoms with Gasteiger partial charge in [0.1, 0.15) is 11.6 Å². The first-order valence-electron chi connectivity index (χ1n) is 5.29. The number of hydrogen-bond acceptors (Lipinski definition) is 4. The van der Waals surface area contributed by atoms with Crippen LogP contribution >= 0.6 is 0 Å². The second-order valence-corrected chi connectivity index (χ2v) is 3.85. The van der Waals surface area contributed by atoms with Crippen LogP contribution in [0.4, 0.5) is 0 Å². The molecule has 0 fully saturated rings. The van der Waals surface area contributed by atoms with Crippen molar-refractivity contribution in [2.24, 2.45) is 0 Å². The third-order valence-electron chi connectivity index (χ3n) is 2.24. The Hall–Kier alpha value is -1.84. The standard InChI is InChI=1S/C12H14N4/c1-9-5-13-11(14-6-9)3-4-12-15-7-10(2)8-16-12/h5-8H,3-4H2,1-2H3. The summed E-state index contributed by atoms with van der Waals surface area (Å²) in [5.41, 5.74) is 2.16. The summed E-state index contributed by atoms with van der Waals surface area (Å²) in [6.45, 7) is 3.96. The van der Waals surface area contributed by atoms with Gasteiger partial charge in [0.2, 0.25) is 0 Å². The summed E-state index contributed by atoms with van der Waals surface area (Å²) in [4.78, 5) is 17.0. The largest absolute Gasteiger partial charge is 0.241 e. The molecule has 0 saturated heterocycles. The van der Waals surface area contributed by atoms with Gasteiger partial charge in [0.05, 0.1) is 0 Å². The van der Waals surface area contributed by atoms with Crippen LogP contribution in [-0.2, 0) is 12.8 Å². The topological polar surface area (TPSA) is 51.6 Å². The van der Waals surface area contributed by atoms with Crippen LogP contribution in [0, 0.1) is 13.8 Å². The molecule has 2 aromatic heterocycles. The van der Waals surface area contributed by atoms with Gasteiger partial charge in [0.15, 0.2) is 0 Å². The SMILES string of the molecule is Cc1cnc(CCc2ncc(C)cn2)nc1. The molecular formula is C12H14N4. The summed E-state index contributed by atoms with van der Waals surface area (Å²) in [5, 5.41) is 0. The highest BCUT2D eigenvalue weighted by molar-refractivity contribution is 5.04. The van der Waals surface area contributed by atoms with Crippen LogP contribution in [0.3, 0.4) is 0 Å². The minimum Gasteiger partial charge on any atom is -0.241 e. The quantitative estimate of drug-likeness (QED) is 0.779. The van der Waals surface area contributed by atoms with Crippen molar-refractivity contribution in [1.29, 1.82) is 0 Å². The third kappa shape index (κ3) is 2.82. The Bertz CT molecular complexity index is 402. The van der Waals surface area contributed by atoms with Crippen LogP contribution in [0.25, 0.3) is 0 Å². The van der Waals surface area contributed by atoms with Gasteiger partial charge in [-0.25, -0.2) is 19.9 Å². The minimum absolute atomic E-state index is 0.781. The summed E-state index contributed by atoms with van der Waals surface area (Å²) in [7, 11) is 0. The van der Waals surface area contributed by atoms with E-state index in [0.717, 1.165) is 35.6 Å². The maximum Gasteiger partial charge on any atom is 0.128 e. The van der Waals surface area contributed by atoms with Crippen LogP contribution < -0.4 is 0 Å². The Balaban J connectivity index is 1.97. The molecule has 0 amide bonds. The maximum atomic E-state index is 4.24. The molecule has 0 unspecified atom stereocenters. The number of rotatable bonds is 3. The molecule has 2 rings (SSSR count). The molecule has 0 aliphatic heterocycles. The van der Waals surface area contributed by atoms with Gasteiger partial charge in [0, 0.05) is 37.6 Å². The molecule has 4 heteroatoms. The Labute approximate surface area is 94.8 Å². The number of nitrogens with zero attached hydrogens (tertiary/aromatic N) is 4. The molecule has 0 radical (unpaired) electrons. The number of aryl methyl sites for hydroxylation is 4. The van der Waals surface area contributed by atoms with Crippen LogP contribution in [0.5, 0.6) is 0 Å². The Morgan fingerprint density at radius 3 is 1.31 bits per heavy atom. The van der Waals surface area contributed by atoms with Crippen LogP contribution in [-0.4, -0.2) is 19.9 Å². The van der Waals surface area contributed by atoms with Crippen LogP contribution in [0.2, 0.25) is 0 Å². The lowest BCUT2D eigenvalue weighted by molar-refractivity contribution is 0.799. The fraction of sp³-hybridized carbons (Fsp3) is 0.333. The van der Waals surface area contributed by atoms with E-state index in [4.69, 9.17) is 0 Å². The van der Waals surface area contributed by atoms with Gasteiger partial charge < -0.3 is 0 Å². The first-order valence-corrected chi connectivity index (χ1v) is 5.29. The van der Waals surface area contributed by atoms with Gasteiger partial charge in [0.25, 0.3) is 0 Å². The van der Waals surface area contributed by atoms with Crippen molar-refractivity contribution in [3.8, 4) is 0 Å². The van der Waals surface area contributed by atoms with Crippen molar-refractivity contribution in [2.45, 2.75) is 26.7 Å². The number of aromatic nitrogens is 4. The molecule has 0 saturated carbocycles. The highest BCUT2D eigenvalue weighted by Crippen LogP contribution is 2.00. The summed E-state index contributed by atoms with van der Waals surface area (Å²) in [5.74, 6) is 1.68. The zero-order chi connectivity index (χ0) is 11.4. The molecule has 2 aromatic rings.